The molecule has 0 aromatic heterocycles. The average molecular weight is 597 g/mol. The number of hydrogen-bond acceptors (Lipinski definition) is 2. The molecular weight excluding hydrogens is 578 g/mol. The van der Waals surface area contributed by atoms with Gasteiger partial charge in [-0.25, -0.2) is 4.39 Å². The Morgan fingerprint density at radius 1 is 1.00 bits per heavy atom. The summed E-state index contributed by atoms with van der Waals surface area (Å²) in [5, 5.41) is 1.48. The minimum atomic E-state index is -5.09. The maximum Gasteiger partial charge on any atom is 0.417 e. The molecule has 0 radical (unpaired) electrons. The van der Waals surface area contributed by atoms with Crippen molar-refractivity contribution in [3.05, 3.63) is 73.7 Å². The van der Waals surface area contributed by atoms with Gasteiger partial charge in [0.25, 0.3) is 5.91 Å². The fourth-order valence-electron chi connectivity index (χ4n) is 3.11. The number of thioether (sulfide) groups is 1. The summed E-state index contributed by atoms with van der Waals surface area (Å²) in [6, 6.07) is 2.99. The molecule has 3 unspecified atom stereocenters. The lowest BCUT2D eigenvalue weighted by Crippen LogP contribution is -2.39. The number of rotatable bonds is 7. The van der Waals surface area contributed by atoms with Crippen LogP contribution in [0.5, 0.6) is 0 Å². The van der Waals surface area contributed by atoms with Crippen molar-refractivity contribution in [2.75, 3.05) is 6.26 Å². The average Bonchev–Trinajstić information content (AvgIpc) is 2.78. The normalized spacial score (nSPS) is 15.4. The van der Waals surface area contributed by atoms with Gasteiger partial charge in [-0.15, -0.1) is 0 Å². The predicted molar refractivity (Wildman–Crippen MR) is 131 cm³/mol. The van der Waals surface area contributed by atoms with Gasteiger partial charge in [0.15, 0.2) is 0 Å². The molecule has 3 atom stereocenters. The molecule has 0 saturated carbocycles. The van der Waals surface area contributed by atoms with Gasteiger partial charge in [0.1, 0.15) is 11.7 Å². The highest BCUT2D eigenvalue weighted by molar-refractivity contribution is 7.99. The van der Waals surface area contributed by atoms with Gasteiger partial charge in [0.2, 0.25) is 0 Å². The van der Waals surface area contributed by atoms with E-state index in [0.717, 1.165) is 24.3 Å². The van der Waals surface area contributed by atoms with Crippen LogP contribution in [0.4, 0.5) is 30.7 Å². The molecular formula is C23H19Cl3F7NOS. The third kappa shape index (κ3) is 7.46. The van der Waals surface area contributed by atoms with Gasteiger partial charge in [-0.05, 0) is 49.1 Å². The van der Waals surface area contributed by atoms with E-state index in [0.29, 0.717) is 6.07 Å². The van der Waals surface area contributed by atoms with Crippen molar-refractivity contribution in [2.24, 2.45) is 0 Å². The molecule has 0 aliphatic heterocycles. The summed E-state index contributed by atoms with van der Waals surface area (Å²) in [6.45, 7) is 3.37. The number of benzene rings is 2. The summed E-state index contributed by atoms with van der Waals surface area (Å²) >= 11 is 18.7. The predicted octanol–water partition coefficient (Wildman–Crippen LogP) is 9.19. The summed E-state index contributed by atoms with van der Waals surface area (Å²) < 4.78 is 97.3. The van der Waals surface area contributed by atoms with Crippen LogP contribution in [0.25, 0.3) is 5.83 Å². The highest BCUT2D eigenvalue weighted by Crippen LogP contribution is 2.42. The van der Waals surface area contributed by atoms with E-state index in [1.807, 2.05) is 0 Å². The topological polar surface area (TPSA) is 29.1 Å². The lowest BCUT2D eigenvalue weighted by Gasteiger charge is -2.21. The molecule has 2 rings (SSSR count). The molecule has 1 amide bonds. The lowest BCUT2D eigenvalue weighted by atomic mass is 9.95. The van der Waals surface area contributed by atoms with Crippen LogP contribution in [-0.2, 0) is 6.18 Å². The zero-order chi connectivity index (χ0) is 27.6. The Balaban J connectivity index is 2.55. The minimum Gasteiger partial charge on any atom is -0.348 e. The van der Waals surface area contributed by atoms with E-state index in [1.165, 1.54) is 11.8 Å². The molecule has 0 saturated heterocycles. The van der Waals surface area contributed by atoms with E-state index in [1.54, 1.807) is 20.1 Å². The van der Waals surface area contributed by atoms with E-state index in [4.69, 9.17) is 34.8 Å². The van der Waals surface area contributed by atoms with Gasteiger partial charge in [0.05, 0.1) is 26.2 Å². The molecule has 0 fully saturated rings. The van der Waals surface area contributed by atoms with Crippen molar-refractivity contribution in [1.29, 1.82) is 0 Å². The third-order valence-electron chi connectivity index (χ3n) is 5.31. The van der Waals surface area contributed by atoms with Crippen molar-refractivity contribution in [2.45, 2.75) is 43.4 Å². The van der Waals surface area contributed by atoms with Crippen molar-refractivity contribution in [3.8, 4) is 0 Å². The largest absolute Gasteiger partial charge is 0.417 e. The first-order valence-electron chi connectivity index (χ1n) is 10.1. The van der Waals surface area contributed by atoms with Gasteiger partial charge >= 0.3 is 12.4 Å². The quantitative estimate of drug-likeness (QED) is 0.255. The molecule has 0 heterocycles. The first-order valence-corrected chi connectivity index (χ1v) is 12.5. The van der Waals surface area contributed by atoms with Crippen LogP contribution in [-0.4, -0.2) is 29.6 Å². The fraction of sp³-hybridized carbons (Fsp3) is 0.348. The number of carbonyl (C=O) groups excluding carboxylic acids is 1. The first-order chi connectivity index (χ1) is 16.5. The number of allylic oxidation sites excluding steroid dienone is 1. The highest BCUT2D eigenvalue weighted by atomic mass is 35.5. The monoisotopic (exact) mass is 595 g/mol. The second-order valence-electron chi connectivity index (χ2n) is 7.79. The van der Waals surface area contributed by atoms with Crippen LogP contribution in [0, 0.1) is 0 Å². The second-order valence-corrected chi connectivity index (χ2v) is 10.2. The lowest BCUT2D eigenvalue weighted by molar-refractivity contribution is -0.140. The van der Waals surface area contributed by atoms with E-state index in [9.17, 15) is 35.5 Å². The number of halogens is 10. The molecule has 0 aliphatic carbocycles. The van der Waals surface area contributed by atoms with Crippen LogP contribution >= 0.6 is 46.6 Å². The van der Waals surface area contributed by atoms with Crippen LogP contribution in [0.15, 0.2) is 36.4 Å². The molecule has 0 bridgehead atoms. The van der Waals surface area contributed by atoms with E-state index >= 15 is 0 Å². The second kappa shape index (κ2) is 11.8. The Morgan fingerprint density at radius 2 is 1.56 bits per heavy atom. The molecule has 2 aromatic carbocycles. The summed E-state index contributed by atoms with van der Waals surface area (Å²) in [5.74, 6) is -5.25. The first kappa shape index (κ1) is 30.6. The summed E-state index contributed by atoms with van der Waals surface area (Å²) in [6.07, 6.45) is -8.27. The van der Waals surface area contributed by atoms with Crippen molar-refractivity contribution < 1.29 is 35.5 Å². The molecule has 0 spiro atoms. The smallest absolute Gasteiger partial charge is 0.348 e. The molecule has 13 heteroatoms. The SMILES string of the molecule is CSC(C)C(C)NC(=O)c1ccc(C(F)=CC(c2cc(Cl)c(Cl)c(Cl)c2)C(F)(F)F)cc1C(F)(F)F. The maximum atomic E-state index is 14.9. The van der Waals surface area contributed by atoms with Crippen LogP contribution < -0.4 is 5.32 Å². The number of nitrogens with one attached hydrogen (secondary N) is 1. The number of alkyl halides is 6. The van der Waals surface area contributed by atoms with Gasteiger partial charge in [0, 0.05) is 16.9 Å². The summed E-state index contributed by atoms with van der Waals surface area (Å²) in [4.78, 5) is 12.5. The molecule has 2 nitrogen and oxygen atoms in total. The molecule has 1 N–H and O–H groups in total. The Morgan fingerprint density at radius 3 is 2.03 bits per heavy atom. The number of hydrogen-bond donors (Lipinski definition) is 1. The fourth-order valence-corrected chi connectivity index (χ4v) is 4.20. The molecule has 2 aromatic rings. The third-order valence-corrected chi connectivity index (χ3v) is 7.66. The minimum absolute atomic E-state index is 0.105. The van der Waals surface area contributed by atoms with Crippen molar-refractivity contribution >= 4 is 58.3 Å². The maximum absolute atomic E-state index is 14.9. The van der Waals surface area contributed by atoms with Crippen molar-refractivity contribution in [1.82, 2.24) is 5.32 Å². The molecule has 198 valence electrons. The van der Waals surface area contributed by atoms with Gasteiger partial charge in [-0.3, -0.25) is 4.79 Å². The van der Waals surface area contributed by atoms with Gasteiger partial charge in [-0.1, -0.05) is 47.8 Å². The molecule has 36 heavy (non-hydrogen) atoms. The Bertz CT molecular complexity index is 1130. The van der Waals surface area contributed by atoms with Gasteiger partial charge < -0.3 is 5.32 Å². The van der Waals surface area contributed by atoms with Crippen LogP contribution in [0.3, 0.4) is 0 Å². The zero-order valence-electron chi connectivity index (χ0n) is 18.8. The number of carbonyl (C=O) groups is 1. The highest BCUT2D eigenvalue weighted by Gasteiger charge is 2.41. The van der Waals surface area contributed by atoms with E-state index in [-0.39, 0.29) is 26.4 Å². The van der Waals surface area contributed by atoms with Crippen LogP contribution in [0.1, 0.15) is 46.8 Å². The Kier molecular flexibility index (Phi) is 10.1. The van der Waals surface area contributed by atoms with Crippen LogP contribution in [0.2, 0.25) is 15.1 Å². The van der Waals surface area contributed by atoms with E-state index in [2.05, 4.69) is 5.32 Å². The number of amides is 1. The summed E-state index contributed by atoms with van der Waals surface area (Å²) in [5.41, 5.74) is -3.65. The molecule has 0 aliphatic rings. The Hall–Kier alpha value is -1.62. The van der Waals surface area contributed by atoms with E-state index < -0.39 is 58.3 Å². The van der Waals surface area contributed by atoms with Gasteiger partial charge in [-0.2, -0.15) is 38.1 Å². The Labute approximate surface area is 222 Å². The standard InChI is InChI=1S/C23H19Cl3F7NOS/c1-10(11(2)36-3)34-21(35)14-5-4-12(6-16(14)23(31,32)33)19(27)9-15(22(28,29)30)13-7-17(24)20(26)18(25)8-13/h4-11,15H,1-3H3,(H,34,35). The zero-order valence-corrected chi connectivity index (χ0v) is 21.9. The summed E-state index contributed by atoms with van der Waals surface area (Å²) in [7, 11) is 0. The van der Waals surface area contributed by atoms with Crippen molar-refractivity contribution in [3.63, 3.8) is 0 Å².